The molecule has 0 spiro atoms. The molecule has 4 rings (SSSR count). The molecule has 0 saturated heterocycles. The second-order valence-electron chi connectivity index (χ2n) is 6.55. The summed E-state index contributed by atoms with van der Waals surface area (Å²) in [5.41, 5.74) is 2.05. The van der Waals surface area contributed by atoms with Crippen molar-refractivity contribution in [2.45, 2.75) is 45.1 Å². The average molecular weight is 368 g/mol. The van der Waals surface area contributed by atoms with Crippen LogP contribution in [0.3, 0.4) is 0 Å². The highest BCUT2D eigenvalue weighted by Gasteiger charge is 2.19. The molecule has 0 bridgehead atoms. The summed E-state index contributed by atoms with van der Waals surface area (Å²) in [6, 6.07) is 9.57. The van der Waals surface area contributed by atoms with Gasteiger partial charge >= 0.3 is 5.97 Å². The molecule has 26 heavy (non-hydrogen) atoms. The molecule has 134 valence electrons. The number of hydrogen-bond donors (Lipinski definition) is 1. The van der Waals surface area contributed by atoms with Gasteiger partial charge < -0.3 is 9.72 Å². The summed E-state index contributed by atoms with van der Waals surface area (Å²) in [6.07, 6.45) is 4.89. The molecule has 0 saturated carbocycles. The van der Waals surface area contributed by atoms with Crippen LogP contribution in [0.2, 0.25) is 0 Å². The third kappa shape index (κ3) is 3.55. The molecule has 1 aliphatic rings. The van der Waals surface area contributed by atoms with Gasteiger partial charge in [-0.15, -0.1) is 11.3 Å². The van der Waals surface area contributed by atoms with Gasteiger partial charge in [-0.1, -0.05) is 30.3 Å². The molecule has 0 radical (unpaired) electrons. The van der Waals surface area contributed by atoms with E-state index < -0.39 is 0 Å². The summed E-state index contributed by atoms with van der Waals surface area (Å²) in [5, 5.41) is 0.750. The Morgan fingerprint density at radius 3 is 2.85 bits per heavy atom. The van der Waals surface area contributed by atoms with Gasteiger partial charge in [0.2, 0.25) is 0 Å². The van der Waals surface area contributed by atoms with Crippen LogP contribution in [-0.4, -0.2) is 15.9 Å². The van der Waals surface area contributed by atoms with Gasteiger partial charge in [-0.2, -0.15) is 0 Å². The van der Waals surface area contributed by atoms with Gasteiger partial charge in [0, 0.05) is 11.3 Å². The molecule has 6 heteroatoms. The summed E-state index contributed by atoms with van der Waals surface area (Å²) < 4.78 is 5.28. The van der Waals surface area contributed by atoms with Gasteiger partial charge in [0.1, 0.15) is 17.3 Å². The summed E-state index contributed by atoms with van der Waals surface area (Å²) in [7, 11) is 0. The van der Waals surface area contributed by atoms with Gasteiger partial charge in [-0.3, -0.25) is 9.59 Å². The quantitative estimate of drug-likeness (QED) is 0.699. The van der Waals surface area contributed by atoms with E-state index >= 15 is 0 Å². The lowest BCUT2D eigenvalue weighted by Gasteiger charge is -2.09. The number of thiophene rings is 1. The topological polar surface area (TPSA) is 72.0 Å². The maximum Gasteiger partial charge on any atom is 0.306 e. The van der Waals surface area contributed by atoms with Crippen LogP contribution in [-0.2, 0) is 35.4 Å². The van der Waals surface area contributed by atoms with E-state index in [-0.39, 0.29) is 24.6 Å². The van der Waals surface area contributed by atoms with E-state index in [1.165, 1.54) is 16.9 Å². The van der Waals surface area contributed by atoms with Crippen molar-refractivity contribution in [3.8, 4) is 0 Å². The van der Waals surface area contributed by atoms with E-state index in [1.54, 1.807) is 11.3 Å². The van der Waals surface area contributed by atoms with Gasteiger partial charge in [-0.25, -0.2) is 4.98 Å². The van der Waals surface area contributed by atoms with E-state index in [1.807, 2.05) is 30.3 Å². The third-order valence-corrected chi connectivity index (χ3v) is 5.87. The van der Waals surface area contributed by atoms with Crippen LogP contribution in [0.4, 0.5) is 0 Å². The van der Waals surface area contributed by atoms with Gasteiger partial charge in [0.05, 0.1) is 11.8 Å². The zero-order valence-corrected chi connectivity index (χ0v) is 15.2. The van der Waals surface area contributed by atoms with Crippen LogP contribution >= 0.6 is 11.3 Å². The van der Waals surface area contributed by atoms with Crippen molar-refractivity contribution >= 4 is 27.5 Å². The Balaban J connectivity index is 1.42. The molecule has 0 aliphatic heterocycles. The summed E-state index contributed by atoms with van der Waals surface area (Å²) in [5.74, 6) is 0.264. The number of ether oxygens (including phenoxy) is 1. The maximum atomic E-state index is 12.5. The lowest BCUT2D eigenvalue weighted by molar-refractivity contribution is -0.144. The van der Waals surface area contributed by atoms with Gasteiger partial charge in [0.25, 0.3) is 5.56 Å². The number of carbonyl (C=O) groups excluding carboxylic acids is 1. The fraction of sp³-hybridized carbons (Fsp3) is 0.350. The second-order valence-corrected chi connectivity index (χ2v) is 7.63. The summed E-state index contributed by atoms with van der Waals surface area (Å²) in [6.45, 7) is 0.264. The van der Waals surface area contributed by atoms with Crippen molar-refractivity contribution < 1.29 is 9.53 Å². The number of hydrogen-bond acceptors (Lipinski definition) is 5. The highest BCUT2D eigenvalue weighted by atomic mass is 32.1. The molecule has 5 nitrogen and oxygen atoms in total. The molecule has 3 aromatic rings. The predicted molar refractivity (Wildman–Crippen MR) is 101 cm³/mol. The Morgan fingerprint density at radius 2 is 2.00 bits per heavy atom. The van der Waals surface area contributed by atoms with Crippen LogP contribution in [0.1, 0.15) is 41.1 Å². The van der Waals surface area contributed by atoms with E-state index in [9.17, 15) is 9.59 Å². The molecule has 1 aliphatic carbocycles. The van der Waals surface area contributed by atoms with Crippen LogP contribution in [0, 0.1) is 0 Å². The highest BCUT2D eigenvalue weighted by Crippen LogP contribution is 2.33. The number of carbonyl (C=O) groups is 1. The molecule has 0 unspecified atom stereocenters. The normalized spacial score (nSPS) is 13.5. The first-order valence-electron chi connectivity index (χ1n) is 8.93. The molecule has 0 fully saturated rings. The first-order valence-corrected chi connectivity index (χ1v) is 9.75. The Bertz CT molecular complexity index is 991. The molecule has 2 heterocycles. The van der Waals surface area contributed by atoms with Gasteiger partial charge in [-0.05, 0) is 36.8 Å². The number of esters is 1. The smallest absolute Gasteiger partial charge is 0.306 e. The number of H-pyrrole nitrogens is 1. The fourth-order valence-corrected chi connectivity index (χ4v) is 4.64. The second kappa shape index (κ2) is 7.41. The van der Waals surface area contributed by atoms with Gasteiger partial charge in [0.15, 0.2) is 0 Å². The number of aryl methyl sites for hydroxylation is 3. The monoisotopic (exact) mass is 368 g/mol. The van der Waals surface area contributed by atoms with Crippen molar-refractivity contribution in [2.75, 3.05) is 0 Å². The minimum atomic E-state index is -0.290. The van der Waals surface area contributed by atoms with Crippen molar-refractivity contribution in [1.82, 2.24) is 9.97 Å². The van der Waals surface area contributed by atoms with E-state index in [0.29, 0.717) is 12.2 Å². The number of nitrogens with one attached hydrogen (secondary N) is 1. The molecule has 0 amide bonds. The van der Waals surface area contributed by atoms with Crippen LogP contribution in [0.15, 0.2) is 35.1 Å². The molecule has 2 aromatic heterocycles. The van der Waals surface area contributed by atoms with Crippen LogP contribution < -0.4 is 5.56 Å². The molecule has 1 aromatic carbocycles. The highest BCUT2D eigenvalue weighted by molar-refractivity contribution is 7.18. The lowest BCUT2D eigenvalue weighted by atomic mass is 9.97. The Labute approximate surface area is 155 Å². The van der Waals surface area contributed by atoms with Crippen molar-refractivity contribution in [3.05, 3.63) is 62.5 Å². The first kappa shape index (κ1) is 17.0. The van der Waals surface area contributed by atoms with Crippen LogP contribution in [0.25, 0.3) is 10.2 Å². The number of benzene rings is 1. The number of fused-ring (bicyclic) bond motifs is 3. The molecular formula is C20H20N2O3S. The Hall–Kier alpha value is -2.47. The van der Waals surface area contributed by atoms with E-state index in [4.69, 9.17) is 4.74 Å². The van der Waals surface area contributed by atoms with Crippen molar-refractivity contribution in [3.63, 3.8) is 0 Å². The summed E-state index contributed by atoms with van der Waals surface area (Å²) >= 11 is 1.62. The molecule has 0 atom stereocenters. The Kier molecular flexibility index (Phi) is 4.84. The lowest BCUT2D eigenvalue weighted by Crippen LogP contribution is -2.14. The Morgan fingerprint density at radius 1 is 1.19 bits per heavy atom. The number of nitrogens with zero attached hydrogens (tertiary/aromatic N) is 1. The standard InChI is InChI=1S/C20H20N2O3S/c23-17(25-12-13-6-2-1-3-7-13)11-10-16-21-19(24)18-14-8-4-5-9-15(14)26-20(18)22-16/h1-3,6-7H,4-5,8-12H2,(H,21,22,24). The molecular weight excluding hydrogens is 348 g/mol. The number of aromatic amines is 1. The largest absolute Gasteiger partial charge is 0.461 e. The average Bonchev–Trinajstić information content (AvgIpc) is 3.04. The predicted octanol–water partition coefficient (Wildman–Crippen LogP) is 3.54. The van der Waals surface area contributed by atoms with Crippen molar-refractivity contribution in [2.24, 2.45) is 0 Å². The van der Waals surface area contributed by atoms with Crippen LogP contribution in [0.5, 0.6) is 0 Å². The minimum absolute atomic E-state index is 0.0814. The fourth-order valence-electron chi connectivity index (χ4n) is 3.36. The number of rotatable bonds is 5. The maximum absolute atomic E-state index is 12.5. The minimum Gasteiger partial charge on any atom is -0.461 e. The zero-order chi connectivity index (χ0) is 17.9. The summed E-state index contributed by atoms with van der Waals surface area (Å²) in [4.78, 5) is 34.0. The first-order chi connectivity index (χ1) is 12.7. The molecule has 1 N–H and O–H groups in total. The third-order valence-electron chi connectivity index (χ3n) is 4.68. The van der Waals surface area contributed by atoms with E-state index in [2.05, 4.69) is 9.97 Å². The SMILES string of the molecule is O=C(CCc1nc2sc3c(c2c(=O)[nH]1)CCCC3)OCc1ccccc1. The number of aromatic nitrogens is 2. The van der Waals surface area contributed by atoms with Crippen molar-refractivity contribution in [1.29, 1.82) is 0 Å². The zero-order valence-electron chi connectivity index (χ0n) is 14.4. The van der Waals surface area contributed by atoms with E-state index in [0.717, 1.165) is 35.0 Å².